The predicted molar refractivity (Wildman–Crippen MR) is 136 cm³/mol. The number of nitrogens with zero attached hydrogens (tertiary/aromatic N) is 1. The molecule has 3 aromatic carbocycles. The number of benzene rings is 3. The van der Waals surface area contributed by atoms with Crippen LogP contribution in [0.5, 0.6) is 5.75 Å². The summed E-state index contributed by atoms with van der Waals surface area (Å²) in [7, 11) is 0. The van der Waals surface area contributed by atoms with Crippen molar-refractivity contribution in [3.63, 3.8) is 0 Å². The van der Waals surface area contributed by atoms with Crippen LogP contribution in [0.25, 0.3) is 22.6 Å². The van der Waals surface area contributed by atoms with Gasteiger partial charge in [-0.2, -0.15) is 0 Å². The Hall–Kier alpha value is -3.90. The van der Waals surface area contributed by atoms with Gasteiger partial charge in [0.25, 0.3) is 0 Å². The lowest BCUT2D eigenvalue weighted by molar-refractivity contribution is -0.145. The van der Waals surface area contributed by atoms with Crippen molar-refractivity contribution < 1.29 is 23.4 Å². The standard InChI is InChI=1S/C30H29NO5/c1-2-33-26(32)20-35-25-15-9-10-21(19-25)18-24-16-17-34-29(24)30-31-27(22-11-5-3-6-12-22)28(36-30)23-13-7-4-8-14-23/h3-15,19,24,29H,2,16-18,20H2,1H3. The van der Waals surface area contributed by atoms with Gasteiger partial charge in [0.15, 0.2) is 12.4 Å². The van der Waals surface area contributed by atoms with Crippen molar-refractivity contribution in [2.24, 2.45) is 5.92 Å². The second-order valence-electron chi connectivity index (χ2n) is 8.75. The van der Waals surface area contributed by atoms with Gasteiger partial charge in [-0.15, -0.1) is 0 Å². The Kier molecular flexibility index (Phi) is 7.43. The highest BCUT2D eigenvalue weighted by molar-refractivity contribution is 5.76. The summed E-state index contributed by atoms with van der Waals surface area (Å²) in [6.07, 6.45) is 1.45. The van der Waals surface area contributed by atoms with Crippen LogP contribution < -0.4 is 4.74 Å². The highest BCUT2D eigenvalue weighted by atomic mass is 16.6. The van der Waals surface area contributed by atoms with Crippen molar-refractivity contribution in [3.05, 3.63) is 96.4 Å². The highest BCUT2D eigenvalue weighted by Crippen LogP contribution is 2.41. The molecule has 2 atom stereocenters. The van der Waals surface area contributed by atoms with Crippen molar-refractivity contribution in [2.45, 2.75) is 25.9 Å². The predicted octanol–water partition coefficient (Wildman–Crippen LogP) is 6.27. The Balaban J connectivity index is 1.37. The van der Waals surface area contributed by atoms with Gasteiger partial charge in [-0.1, -0.05) is 72.8 Å². The van der Waals surface area contributed by atoms with E-state index in [-0.39, 0.29) is 24.6 Å². The molecule has 1 saturated heterocycles. The van der Waals surface area contributed by atoms with Crippen LogP contribution in [0.4, 0.5) is 0 Å². The quantitative estimate of drug-likeness (QED) is 0.261. The Morgan fingerprint density at radius 3 is 2.47 bits per heavy atom. The molecule has 6 nitrogen and oxygen atoms in total. The summed E-state index contributed by atoms with van der Waals surface area (Å²) in [5, 5.41) is 0. The van der Waals surface area contributed by atoms with E-state index in [0.717, 1.165) is 41.0 Å². The summed E-state index contributed by atoms with van der Waals surface area (Å²) < 4.78 is 23.1. The Morgan fingerprint density at radius 1 is 0.972 bits per heavy atom. The third-order valence-electron chi connectivity index (χ3n) is 6.24. The molecule has 2 heterocycles. The summed E-state index contributed by atoms with van der Waals surface area (Å²) in [6.45, 7) is 2.66. The monoisotopic (exact) mass is 483 g/mol. The zero-order valence-corrected chi connectivity index (χ0v) is 20.3. The van der Waals surface area contributed by atoms with Crippen LogP contribution in [0.15, 0.2) is 89.3 Å². The molecule has 4 aromatic rings. The Bertz CT molecular complexity index is 1230. The van der Waals surface area contributed by atoms with Gasteiger partial charge in [-0.25, -0.2) is 9.78 Å². The molecule has 6 heteroatoms. The van der Waals surface area contributed by atoms with Crippen LogP contribution in [0, 0.1) is 5.92 Å². The molecule has 184 valence electrons. The topological polar surface area (TPSA) is 70.8 Å². The van der Waals surface area contributed by atoms with E-state index in [1.807, 2.05) is 78.9 Å². The lowest BCUT2D eigenvalue weighted by atomic mass is 9.93. The lowest BCUT2D eigenvalue weighted by Crippen LogP contribution is -2.15. The fourth-order valence-corrected chi connectivity index (χ4v) is 4.56. The van der Waals surface area contributed by atoms with Crippen molar-refractivity contribution >= 4 is 5.97 Å². The number of hydrogen-bond acceptors (Lipinski definition) is 6. The van der Waals surface area contributed by atoms with Crippen LogP contribution in [0.2, 0.25) is 0 Å². The number of hydrogen-bond donors (Lipinski definition) is 0. The summed E-state index contributed by atoms with van der Waals surface area (Å²) in [4.78, 5) is 16.6. The molecule has 0 radical (unpaired) electrons. The van der Waals surface area contributed by atoms with Gasteiger partial charge >= 0.3 is 5.97 Å². The molecule has 0 N–H and O–H groups in total. The van der Waals surface area contributed by atoms with E-state index in [9.17, 15) is 4.79 Å². The smallest absolute Gasteiger partial charge is 0.344 e. The fourth-order valence-electron chi connectivity index (χ4n) is 4.56. The zero-order chi connectivity index (χ0) is 24.7. The molecule has 0 spiro atoms. The molecule has 0 amide bonds. The minimum Gasteiger partial charge on any atom is -0.482 e. The molecular formula is C30H29NO5. The number of carbonyl (C=O) groups excluding carboxylic acids is 1. The fraction of sp³-hybridized carbons (Fsp3) is 0.267. The maximum atomic E-state index is 11.6. The van der Waals surface area contributed by atoms with E-state index >= 15 is 0 Å². The first-order valence-electron chi connectivity index (χ1n) is 12.3. The molecule has 1 fully saturated rings. The average molecular weight is 484 g/mol. The first-order valence-corrected chi connectivity index (χ1v) is 12.3. The number of rotatable bonds is 9. The minimum atomic E-state index is -0.375. The molecule has 0 bridgehead atoms. The summed E-state index contributed by atoms with van der Waals surface area (Å²) in [6, 6.07) is 28.0. The number of esters is 1. The SMILES string of the molecule is CCOC(=O)COc1cccc(CC2CCOC2c2nc(-c3ccccc3)c(-c3ccccc3)o2)c1. The van der Waals surface area contributed by atoms with Crippen molar-refractivity contribution in [1.29, 1.82) is 0 Å². The second-order valence-corrected chi connectivity index (χ2v) is 8.75. The largest absolute Gasteiger partial charge is 0.482 e. The van der Waals surface area contributed by atoms with Crippen molar-refractivity contribution in [2.75, 3.05) is 19.8 Å². The maximum Gasteiger partial charge on any atom is 0.344 e. The maximum absolute atomic E-state index is 11.6. The second kappa shape index (κ2) is 11.2. The third kappa shape index (κ3) is 5.50. The normalized spacial score (nSPS) is 17.1. The zero-order valence-electron chi connectivity index (χ0n) is 20.3. The van der Waals surface area contributed by atoms with Crippen LogP contribution >= 0.6 is 0 Å². The lowest BCUT2D eigenvalue weighted by Gasteiger charge is -2.16. The average Bonchev–Trinajstić information content (AvgIpc) is 3.56. The van der Waals surface area contributed by atoms with Crippen LogP contribution in [-0.2, 0) is 20.7 Å². The van der Waals surface area contributed by atoms with Gasteiger partial charge in [0.05, 0.1) is 6.61 Å². The number of carbonyl (C=O) groups is 1. The molecule has 2 unspecified atom stereocenters. The van der Waals surface area contributed by atoms with Crippen LogP contribution in [0.1, 0.15) is 30.9 Å². The Labute approximate surface area is 210 Å². The minimum absolute atomic E-state index is 0.104. The van der Waals surface area contributed by atoms with E-state index in [0.29, 0.717) is 24.9 Å². The Morgan fingerprint density at radius 2 is 1.72 bits per heavy atom. The van der Waals surface area contributed by atoms with Crippen molar-refractivity contribution in [1.82, 2.24) is 4.98 Å². The third-order valence-corrected chi connectivity index (χ3v) is 6.24. The van der Waals surface area contributed by atoms with Gasteiger partial charge in [0.2, 0.25) is 5.89 Å². The van der Waals surface area contributed by atoms with E-state index in [1.54, 1.807) is 6.92 Å². The number of ether oxygens (including phenoxy) is 3. The van der Waals surface area contributed by atoms with E-state index in [4.69, 9.17) is 23.6 Å². The first-order chi connectivity index (χ1) is 17.7. The molecule has 1 aliphatic rings. The molecule has 0 saturated carbocycles. The summed E-state index contributed by atoms with van der Waals surface area (Å²) in [5.41, 5.74) is 3.92. The molecule has 36 heavy (non-hydrogen) atoms. The van der Waals surface area contributed by atoms with Crippen LogP contribution in [0.3, 0.4) is 0 Å². The van der Waals surface area contributed by atoms with Gasteiger partial charge in [-0.3, -0.25) is 0 Å². The number of aromatic nitrogens is 1. The van der Waals surface area contributed by atoms with Gasteiger partial charge in [0.1, 0.15) is 17.5 Å². The molecule has 0 aliphatic carbocycles. The molecule has 1 aromatic heterocycles. The van der Waals surface area contributed by atoms with Crippen LogP contribution in [-0.4, -0.2) is 30.8 Å². The molecular weight excluding hydrogens is 454 g/mol. The highest BCUT2D eigenvalue weighted by Gasteiger charge is 2.35. The van der Waals surface area contributed by atoms with Crippen molar-refractivity contribution in [3.8, 4) is 28.3 Å². The van der Waals surface area contributed by atoms with E-state index < -0.39 is 0 Å². The molecule has 5 rings (SSSR count). The first kappa shape index (κ1) is 23.8. The van der Waals surface area contributed by atoms with Gasteiger partial charge in [-0.05, 0) is 37.5 Å². The summed E-state index contributed by atoms with van der Waals surface area (Å²) in [5.74, 6) is 1.82. The van der Waals surface area contributed by atoms with E-state index in [2.05, 4.69) is 6.07 Å². The number of oxazole rings is 1. The molecule has 1 aliphatic heterocycles. The summed E-state index contributed by atoms with van der Waals surface area (Å²) >= 11 is 0. The van der Waals surface area contributed by atoms with E-state index in [1.165, 1.54) is 0 Å². The van der Waals surface area contributed by atoms with Gasteiger partial charge < -0.3 is 18.6 Å². The van der Waals surface area contributed by atoms with Gasteiger partial charge in [0, 0.05) is 23.7 Å².